The molecule has 2 heterocycles. The maximum Gasteiger partial charge on any atom is 0.278 e. The van der Waals surface area contributed by atoms with Crippen molar-refractivity contribution < 1.29 is 14.3 Å². The molecule has 8 nitrogen and oxygen atoms in total. The zero-order valence-electron chi connectivity index (χ0n) is 18.8. The Morgan fingerprint density at radius 1 is 1.00 bits per heavy atom. The van der Waals surface area contributed by atoms with E-state index in [1.165, 1.54) is 0 Å². The molecule has 4 rings (SSSR count). The Morgan fingerprint density at radius 2 is 1.75 bits per heavy atom. The van der Waals surface area contributed by atoms with Gasteiger partial charge in [0.2, 0.25) is 0 Å². The van der Waals surface area contributed by atoms with Crippen LogP contribution >= 0.6 is 0 Å². The van der Waals surface area contributed by atoms with Gasteiger partial charge >= 0.3 is 0 Å². The van der Waals surface area contributed by atoms with Crippen LogP contribution in [0.3, 0.4) is 0 Å². The number of ether oxygens (including phenoxy) is 2. The Hall–Kier alpha value is -3.78. The first-order valence-corrected chi connectivity index (χ1v) is 10.2. The average Bonchev–Trinajstić information content (AvgIpc) is 3.16. The van der Waals surface area contributed by atoms with Gasteiger partial charge in [0.15, 0.2) is 11.3 Å². The summed E-state index contributed by atoms with van der Waals surface area (Å²) in [6.45, 7) is 6.14. The van der Waals surface area contributed by atoms with E-state index in [9.17, 15) is 4.79 Å². The standard InChI is InChI=1S/C24H25N5O3/c1-14-6-9-18(12-15(14)2)25-24(30)22-16(3)29-23(27-26-22)21(20(28-29)13-31-4)17-7-10-19(32-5)11-8-17/h6-12H,13H2,1-5H3,(H,25,30). The molecule has 0 spiro atoms. The minimum absolute atomic E-state index is 0.212. The third-order valence-corrected chi connectivity index (χ3v) is 5.48. The van der Waals surface area contributed by atoms with Crippen LogP contribution in [0.2, 0.25) is 0 Å². The maximum absolute atomic E-state index is 12.9. The lowest BCUT2D eigenvalue weighted by molar-refractivity contribution is 0.102. The van der Waals surface area contributed by atoms with Gasteiger partial charge in [-0.05, 0) is 61.7 Å². The van der Waals surface area contributed by atoms with Gasteiger partial charge in [0.1, 0.15) is 5.75 Å². The number of aromatic nitrogens is 4. The zero-order valence-corrected chi connectivity index (χ0v) is 18.8. The number of carbonyl (C=O) groups excluding carboxylic acids is 1. The van der Waals surface area contributed by atoms with Gasteiger partial charge in [0, 0.05) is 12.8 Å². The van der Waals surface area contributed by atoms with Crippen LogP contribution in [0.25, 0.3) is 16.8 Å². The number of benzene rings is 2. The van der Waals surface area contributed by atoms with E-state index in [2.05, 4.69) is 20.6 Å². The van der Waals surface area contributed by atoms with E-state index in [4.69, 9.17) is 9.47 Å². The second-order valence-electron chi connectivity index (χ2n) is 7.61. The Kier molecular flexibility index (Phi) is 5.87. The van der Waals surface area contributed by atoms with Crippen molar-refractivity contribution in [2.45, 2.75) is 27.4 Å². The molecule has 0 aliphatic heterocycles. The summed E-state index contributed by atoms with van der Waals surface area (Å²) in [6, 6.07) is 13.4. The fourth-order valence-corrected chi connectivity index (χ4v) is 3.56. The van der Waals surface area contributed by atoms with Crippen molar-refractivity contribution in [2.75, 3.05) is 19.5 Å². The molecule has 4 aromatic rings. The number of hydrogen-bond donors (Lipinski definition) is 1. The van der Waals surface area contributed by atoms with Gasteiger partial charge in [0.25, 0.3) is 5.91 Å². The Bertz CT molecular complexity index is 1300. The summed E-state index contributed by atoms with van der Waals surface area (Å²) < 4.78 is 12.3. The minimum atomic E-state index is -0.338. The van der Waals surface area contributed by atoms with E-state index in [0.717, 1.165) is 28.0 Å². The second-order valence-corrected chi connectivity index (χ2v) is 7.61. The Balaban J connectivity index is 1.76. The van der Waals surface area contributed by atoms with Gasteiger partial charge < -0.3 is 14.8 Å². The largest absolute Gasteiger partial charge is 0.497 e. The number of amides is 1. The molecule has 8 heteroatoms. The first kappa shape index (κ1) is 21.5. The summed E-state index contributed by atoms with van der Waals surface area (Å²) in [6.07, 6.45) is 0. The second kappa shape index (κ2) is 8.76. The molecule has 1 amide bonds. The van der Waals surface area contributed by atoms with Crippen molar-refractivity contribution in [1.82, 2.24) is 19.8 Å². The van der Waals surface area contributed by atoms with Crippen LogP contribution in [-0.2, 0) is 11.3 Å². The smallest absolute Gasteiger partial charge is 0.278 e. The summed E-state index contributed by atoms with van der Waals surface area (Å²) in [7, 11) is 3.24. The molecular formula is C24H25N5O3. The summed E-state index contributed by atoms with van der Waals surface area (Å²) in [5.74, 6) is 0.418. The van der Waals surface area contributed by atoms with Gasteiger partial charge in [-0.2, -0.15) is 5.10 Å². The third-order valence-electron chi connectivity index (χ3n) is 5.48. The molecule has 0 bridgehead atoms. The molecule has 32 heavy (non-hydrogen) atoms. The van der Waals surface area contributed by atoms with Crippen molar-refractivity contribution in [2.24, 2.45) is 0 Å². The van der Waals surface area contributed by atoms with Crippen molar-refractivity contribution in [3.63, 3.8) is 0 Å². The molecule has 0 aliphatic carbocycles. The fraction of sp³-hybridized carbons (Fsp3) is 0.250. The summed E-state index contributed by atoms with van der Waals surface area (Å²) in [5, 5.41) is 16.2. The number of hydrogen-bond acceptors (Lipinski definition) is 6. The molecule has 164 valence electrons. The summed E-state index contributed by atoms with van der Waals surface area (Å²) in [5.41, 5.74) is 6.76. The van der Waals surface area contributed by atoms with Crippen LogP contribution in [0, 0.1) is 20.8 Å². The van der Waals surface area contributed by atoms with Gasteiger partial charge in [0.05, 0.1) is 30.7 Å². The van der Waals surface area contributed by atoms with Gasteiger partial charge in [-0.25, -0.2) is 4.52 Å². The van der Waals surface area contributed by atoms with E-state index in [1.807, 2.05) is 56.3 Å². The molecule has 0 saturated carbocycles. The number of nitrogens with zero attached hydrogens (tertiary/aromatic N) is 4. The van der Waals surface area contributed by atoms with Crippen LogP contribution in [0.5, 0.6) is 5.75 Å². The van der Waals surface area contributed by atoms with Crippen LogP contribution < -0.4 is 10.1 Å². The molecule has 0 radical (unpaired) electrons. The number of carbonyl (C=O) groups is 1. The normalized spacial score (nSPS) is 11.0. The lowest BCUT2D eigenvalue weighted by Crippen LogP contribution is -2.18. The molecule has 0 fully saturated rings. The quantitative estimate of drug-likeness (QED) is 0.494. The highest BCUT2D eigenvalue weighted by atomic mass is 16.5. The predicted octanol–water partition coefficient (Wildman–Crippen LogP) is 4.12. The van der Waals surface area contributed by atoms with E-state index >= 15 is 0 Å². The molecule has 0 atom stereocenters. The average molecular weight is 431 g/mol. The van der Waals surface area contributed by atoms with E-state index in [1.54, 1.807) is 25.7 Å². The van der Waals surface area contributed by atoms with Crippen molar-refractivity contribution in [3.8, 4) is 16.9 Å². The highest BCUT2D eigenvalue weighted by molar-refractivity contribution is 6.03. The lowest BCUT2D eigenvalue weighted by atomic mass is 10.1. The maximum atomic E-state index is 12.9. The van der Waals surface area contributed by atoms with Gasteiger partial charge in [-0.15, -0.1) is 10.2 Å². The monoisotopic (exact) mass is 431 g/mol. The number of methoxy groups -OCH3 is 2. The van der Waals surface area contributed by atoms with Crippen LogP contribution in [0.1, 0.15) is 33.0 Å². The van der Waals surface area contributed by atoms with E-state index < -0.39 is 0 Å². The number of anilines is 1. The van der Waals surface area contributed by atoms with Crippen LogP contribution in [0.4, 0.5) is 5.69 Å². The first-order chi connectivity index (χ1) is 15.4. The topological polar surface area (TPSA) is 90.6 Å². The lowest BCUT2D eigenvalue weighted by Gasteiger charge is -2.09. The highest BCUT2D eigenvalue weighted by Gasteiger charge is 2.22. The van der Waals surface area contributed by atoms with E-state index in [0.29, 0.717) is 29.3 Å². The molecule has 0 unspecified atom stereocenters. The molecular weight excluding hydrogens is 406 g/mol. The zero-order chi connectivity index (χ0) is 22.8. The number of rotatable bonds is 6. The summed E-state index contributed by atoms with van der Waals surface area (Å²) >= 11 is 0. The number of fused-ring (bicyclic) bond motifs is 1. The first-order valence-electron chi connectivity index (χ1n) is 10.2. The molecule has 2 aromatic heterocycles. The highest BCUT2D eigenvalue weighted by Crippen LogP contribution is 2.30. The predicted molar refractivity (Wildman–Crippen MR) is 122 cm³/mol. The van der Waals surface area contributed by atoms with Crippen molar-refractivity contribution in [3.05, 3.63) is 70.7 Å². The van der Waals surface area contributed by atoms with Crippen LogP contribution in [-0.4, -0.2) is 39.9 Å². The van der Waals surface area contributed by atoms with Gasteiger partial charge in [-0.3, -0.25) is 4.79 Å². The molecule has 1 N–H and O–H groups in total. The van der Waals surface area contributed by atoms with Crippen LogP contribution in [0.15, 0.2) is 42.5 Å². The Morgan fingerprint density at radius 3 is 2.41 bits per heavy atom. The van der Waals surface area contributed by atoms with Crippen molar-refractivity contribution in [1.29, 1.82) is 0 Å². The fourth-order valence-electron chi connectivity index (χ4n) is 3.56. The number of aryl methyl sites for hydroxylation is 3. The van der Waals surface area contributed by atoms with Gasteiger partial charge in [-0.1, -0.05) is 18.2 Å². The Labute approximate surface area is 186 Å². The van der Waals surface area contributed by atoms with E-state index in [-0.39, 0.29) is 11.6 Å². The summed E-state index contributed by atoms with van der Waals surface area (Å²) in [4.78, 5) is 12.9. The SMILES string of the molecule is COCc1nn2c(C)c(C(=O)Nc3ccc(C)c(C)c3)nnc2c1-c1ccc(OC)cc1. The molecule has 0 aliphatic rings. The number of nitrogens with one attached hydrogen (secondary N) is 1. The molecule has 0 saturated heterocycles. The molecule has 2 aromatic carbocycles. The minimum Gasteiger partial charge on any atom is -0.497 e. The third kappa shape index (κ3) is 3.92. The van der Waals surface area contributed by atoms with Crippen molar-refractivity contribution >= 4 is 17.2 Å².